The summed E-state index contributed by atoms with van der Waals surface area (Å²) in [5.41, 5.74) is 6.72. The molecule has 3 amide bonds. The summed E-state index contributed by atoms with van der Waals surface area (Å²) in [7, 11) is 3.10. The Labute approximate surface area is 139 Å². The highest BCUT2D eigenvalue weighted by molar-refractivity contribution is 6.02. The Morgan fingerprint density at radius 1 is 1.04 bits per heavy atom. The topological polar surface area (TPSA) is 103 Å². The second kappa shape index (κ2) is 7.87. The van der Waals surface area contributed by atoms with Gasteiger partial charge >= 0.3 is 6.03 Å². The molecule has 2 rings (SSSR count). The molecule has 4 N–H and O–H groups in total. The third-order valence-electron chi connectivity index (χ3n) is 3.34. The molecule has 0 saturated carbocycles. The third-order valence-corrected chi connectivity index (χ3v) is 3.34. The fourth-order valence-electron chi connectivity index (χ4n) is 2.15. The molecular weight excluding hydrogens is 310 g/mol. The summed E-state index contributed by atoms with van der Waals surface area (Å²) < 4.78 is 10.4. The highest BCUT2D eigenvalue weighted by Gasteiger charge is 2.10. The highest BCUT2D eigenvalue weighted by atomic mass is 16.5. The number of rotatable bonds is 6. The molecule has 2 aromatic rings. The van der Waals surface area contributed by atoms with E-state index >= 15 is 0 Å². The van der Waals surface area contributed by atoms with E-state index in [4.69, 9.17) is 15.2 Å². The molecule has 0 aromatic heterocycles. The lowest BCUT2D eigenvalue weighted by Gasteiger charge is -2.12. The van der Waals surface area contributed by atoms with Crippen molar-refractivity contribution >= 4 is 17.6 Å². The summed E-state index contributed by atoms with van der Waals surface area (Å²) >= 11 is 0. The van der Waals surface area contributed by atoms with Gasteiger partial charge in [0.2, 0.25) is 0 Å². The number of hydrogen-bond acceptors (Lipinski definition) is 4. The van der Waals surface area contributed by atoms with Crippen molar-refractivity contribution in [1.82, 2.24) is 5.32 Å². The molecule has 2 aromatic carbocycles. The monoisotopic (exact) mass is 329 g/mol. The van der Waals surface area contributed by atoms with E-state index in [1.54, 1.807) is 50.6 Å². The summed E-state index contributed by atoms with van der Waals surface area (Å²) in [5, 5.41) is 5.31. The number of methoxy groups -OCH3 is 2. The number of carbonyl (C=O) groups is 2. The molecule has 24 heavy (non-hydrogen) atoms. The van der Waals surface area contributed by atoms with Crippen molar-refractivity contribution in [3.8, 4) is 11.5 Å². The first-order valence-electron chi connectivity index (χ1n) is 7.19. The Balaban J connectivity index is 2.00. The number of para-hydroxylation sites is 1. The zero-order valence-corrected chi connectivity index (χ0v) is 13.5. The quantitative estimate of drug-likeness (QED) is 0.755. The third kappa shape index (κ3) is 4.16. The summed E-state index contributed by atoms with van der Waals surface area (Å²) in [6.07, 6.45) is 0. The van der Waals surface area contributed by atoms with Gasteiger partial charge in [-0.05, 0) is 29.8 Å². The van der Waals surface area contributed by atoms with Crippen molar-refractivity contribution in [3.63, 3.8) is 0 Å². The van der Waals surface area contributed by atoms with Gasteiger partial charge in [0.05, 0.1) is 25.5 Å². The molecule has 0 aliphatic carbocycles. The van der Waals surface area contributed by atoms with Gasteiger partial charge in [-0.1, -0.05) is 18.2 Å². The number of primary amides is 1. The number of benzene rings is 2. The number of nitrogens with two attached hydrogens (primary N) is 1. The maximum absolute atomic E-state index is 12.0. The predicted molar refractivity (Wildman–Crippen MR) is 90.4 cm³/mol. The van der Waals surface area contributed by atoms with Crippen molar-refractivity contribution < 1.29 is 19.1 Å². The first-order chi connectivity index (χ1) is 11.5. The first kappa shape index (κ1) is 17.1. The van der Waals surface area contributed by atoms with Gasteiger partial charge in [0.1, 0.15) is 0 Å². The van der Waals surface area contributed by atoms with E-state index in [2.05, 4.69) is 10.6 Å². The molecule has 0 fully saturated rings. The van der Waals surface area contributed by atoms with Crippen LogP contribution in [0.2, 0.25) is 0 Å². The summed E-state index contributed by atoms with van der Waals surface area (Å²) in [6, 6.07) is 11.4. The van der Waals surface area contributed by atoms with E-state index in [1.165, 1.54) is 0 Å². The number of nitrogens with one attached hydrogen (secondary N) is 2. The van der Waals surface area contributed by atoms with Crippen LogP contribution in [0.25, 0.3) is 0 Å². The van der Waals surface area contributed by atoms with Gasteiger partial charge in [-0.25, -0.2) is 4.79 Å². The molecule has 0 bridgehead atoms. The molecule has 0 aliphatic rings. The Kier molecular flexibility index (Phi) is 5.62. The van der Waals surface area contributed by atoms with Gasteiger partial charge < -0.3 is 25.8 Å². The van der Waals surface area contributed by atoms with E-state index in [-0.39, 0.29) is 12.1 Å². The van der Waals surface area contributed by atoms with Gasteiger partial charge in [0, 0.05) is 6.54 Å². The fourth-order valence-corrected chi connectivity index (χ4v) is 2.15. The Bertz CT molecular complexity index is 746. The molecule has 7 nitrogen and oxygen atoms in total. The van der Waals surface area contributed by atoms with Crippen molar-refractivity contribution in [1.29, 1.82) is 0 Å². The van der Waals surface area contributed by atoms with Crippen LogP contribution in [0.3, 0.4) is 0 Å². The summed E-state index contributed by atoms with van der Waals surface area (Å²) in [5.74, 6) is 0.586. The molecule has 0 atom stereocenters. The van der Waals surface area contributed by atoms with Crippen molar-refractivity contribution in [3.05, 3.63) is 53.6 Å². The maximum atomic E-state index is 12.0. The summed E-state index contributed by atoms with van der Waals surface area (Å²) in [6.45, 7) is 0.283. The van der Waals surface area contributed by atoms with Crippen LogP contribution in [0.1, 0.15) is 15.9 Å². The van der Waals surface area contributed by atoms with E-state index in [9.17, 15) is 9.59 Å². The van der Waals surface area contributed by atoms with Crippen LogP contribution in [-0.4, -0.2) is 26.2 Å². The zero-order chi connectivity index (χ0) is 17.5. The number of carbonyl (C=O) groups excluding carboxylic acids is 2. The summed E-state index contributed by atoms with van der Waals surface area (Å²) in [4.78, 5) is 23.3. The fraction of sp³-hybridized carbons (Fsp3) is 0.176. The minimum absolute atomic E-state index is 0.249. The zero-order valence-electron chi connectivity index (χ0n) is 13.5. The van der Waals surface area contributed by atoms with Gasteiger partial charge in [-0.2, -0.15) is 0 Å². The molecule has 0 heterocycles. The second-order valence-corrected chi connectivity index (χ2v) is 4.91. The molecule has 0 saturated heterocycles. The molecule has 7 heteroatoms. The smallest absolute Gasteiger partial charge is 0.319 e. The van der Waals surface area contributed by atoms with Crippen molar-refractivity contribution in [2.75, 3.05) is 19.5 Å². The average Bonchev–Trinajstić information content (AvgIpc) is 2.59. The molecular formula is C17H19N3O4. The number of hydrogen-bond donors (Lipinski definition) is 3. The van der Waals surface area contributed by atoms with Crippen LogP contribution in [-0.2, 0) is 6.54 Å². The normalized spacial score (nSPS) is 9.92. The lowest BCUT2D eigenvalue weighted by Crippen LogP contribution is -2.29. The standard InChI is InChI=1S/C17H19N3O4/c1-23-14-8-7-11(9-15(14)24-2)10-19-17(22)20-13-6-4-3-5-12(13)16(18)21/h3-9H,10H2,1-2H3,(H2,18,21)(H2,19,20,22). The van der Waals surface area contributed by atoms with Crippen LogP contribution < -0.4 is 25.8 Å². The van der Waals surface area contributed by atoms with E-state index in [0.717, 1.165) is 5.56 Å². The number of anilines is 1. The largest absolute Gasteiger partial charge is 0.493 e. The number of ether oxygens (including phenoxy) is 2. The first-order valence-corrected chi connectivity index (χ1v) is 7.19. The molecule has 0 unspecified atom stereocenters. The molecule has 126 valence electrons. The van der Waals surface area contributed by atoms with E-state index in [1.807, 2.05) is 6.07 Å². The van der Waals surface area contributed by atoms with E-state index in [0.29, 0.717) is 17.2 Å². The Morgan fingerprint density at radius 2 is 1.75 bits per heavy atom. The van der Waals surface area contributed by atoms with Crippen LogP contribution in [0.5, 0.6) is 11.5 Å². The van der Waals surface area contributed by atoms with Gasteiger partial charge in [0.15, 0.2) is 11.5 Å². The van der Waals surface area contributed by atoms with Crippen LogP contribution in [0.15, 0.2) is 42.5 Å². The maximum Gasteiger partial charge on any atom is 0.319 e. The minimum atomic E-state index is -0.606. The van der Waals surface area contributed by atoms with Crippen LogP contribution in [0.4, 0.5) is 10.5 Å². The van der Waals surface area contributed by atoms with Crippen molar-refractivity contribution in [2.24, 2.45) is 5.73 Å². The van der Waals surface area contributed by atoms with Crippen LogP contribution >= 0.6 is 0 Å². The molecule has 0 aliphatic heterocycles. The van der Waals surface area contributed by atoms with Crippen molar-refractivity contribution in [2.45, 2.75) is 6.54 Å². The van der Waals surface area contributed by atoms with Crippen LogP contribution in [0, 0.1) is 0 Å². The lowest BCUT2D eigenvalue weighted by molar-refractivity contribution is 0.100. The highest BCUT2D eigenvalue weighted by Crippen LogP contribution is 2.27. The predicted octanol–water partition coefficient (Wildman–Crippen LogP) is 2.12. The van der Waals surface area contributed by atoms with Gasteiger partial charge in [-0.15, -0.1) is 0 Å². The second-order valence-electron chi connectivity index (χ2n) is 4.91. The SMILES string of the molecule is COc1ccc(CNC(=O)Nc2ccccc2C(N)=O)cc1OC. The average molecular weight is 329 g/mol. The molecule has 0 spiro atoms. The number of urea groups is 1. The van der Waals surface area contributed by atoms with Gasteiger partial charge in [-0.3, -0.25) is 4.79 Å². The number of amides is 3. The Morgan fingerprint density at radius 3 is 2.42 bits per heavy atom. The molecule has 0 radical (unpaired) electrons. The lowest BCUT2D eigenvalue weighted by atomic mass is 10.1. The van der Waals surface area contributed by atoms with Gasteiger partial charge in [0.25, 0.3) is 5.91 Å². The Hall–Kier alpha value is -3.22. The minimum Gasteiger partial charge on any atom is -0.493 e. The van der Waals surface area contributed by atoms with E-state index < -0.39 is 11.9 Å².